The van der Waals surface area contributed by atoms with E-state index in [2.05, 4.69) is 45.0 Å². The summed E-state index contributed by atoms with van der Waals surface area (Å²) in [7, 11) is 0. The van der Waals surface area contributed by atoms with Gasteiger partial charge in [0.2, 0.25) is 5.89 Å². The summed E-state index contributed by atoms with van der Waals surface area (Å²) < 4.78 is 5.63. The van der Waals surface area contributed by atoms with Crippen LogP contribution in [0.15, 0.2) is 63.5 Å². The van der Waals surface area contributed by atoms with Gasteiger partial charge in [-0.2, -0.15) is 0 Å². The van der Waals surface area contributed by atoms with Crippen molar-refractivity contribution < 1.29 is 4.42 Å². The predicted octanol–water partition coefficient (Wildman–Crippen LogP) is 4.99. The molecule has 0 spiro atoms. The van der Waals surface area contributed by atoms with Crippen LogP contribution in [0, 0.1) is 5.92 Å². The number of halogens is 1. The van der Waals surface area contributed by atoms with Crippen molar-refractivity contribution in [3.8, 4) is 11.5 Å². The van der Waals surface area contributed by atoms with Gasteiger partial charge < -0.3 is 15.1 Å². The van der Waals surface area contributed by atoms with Crippen molar-refractivity contribution in [3.63, 3.8) is 0 Å². The highest BCUT2D eigenvalue weighted by Gasteiger charge is 2.20. The Kier molecular flexibility index (Phi) is 10.0. The van der Waals surface area contributed by atoms with Gasteiger partial charge in [-0.3, -0.25) is 4.90 Å². The van der Waals surface area contributed by atoms with Crippen LogP contribution in [0.1, 0.15) is 30.3 Å². The first kappa shape index (κ1) is 24.7. The Balaban J connectivity index is 0.00000289. The zero-order valence-electron chi connectivity index (χ0n) is 18.5. The van der Waals surface area contributed by atoms with Crippen molar-refractivity contribution in [2.45, 2.75) is 32.9 Å². The lowest BCUT2D eigenvalue weighted by molar-refractivity contribution is 0.169. The summed E-state index contributed by atoms with van der Waals surface area (Å²) in [6.07, 6.45) is 4.21. The van der Waals surface area contributed by atoms with Gasteiger partial charge in [-0.25, -0.2) is 9.98 Å². The van der Waals surface area contributed by atoms with Crippen molar-refractivity contribution in [1.82, 2.24) is 20.5 Å². The van der Waals surface area contributed by atoms with E-state index in [1.807, 2.05) is 41.7 Å². The highest BCUT2D eigenvalue weighted by molar-refractivity contribution is 14.0. The molecule has 1 aliphatic rings. The molecule has 0 radical (unpaired) electrons. The molecule has 0 bridgehead atoms. The van der Waals surface area contributed by atoms with Crippen LogP contribution in [0.25, 0.3) is 11.5 Å². The summed E-state index contributed by atoms with van der Waals surface area (Å²) >= 11 is 1.85. The second kappa shape index (κ2) is 13.0. The number of thiophene rings is 1. The molecular formula is C24H32IN5OS. The minimum absolute atomic E-state index is 0. The molecule has 4 rings (SSSR count). The molecule has 2 N–H and O–H groups in total. The number of likely N-dealkylation sites (tertiary alicyclic amines) is 1. The minimum atomic E-state index is 0. The number of benzene rings is 1. The van der Waals surface area contributed by atoms with E-state index in [0.29, 0.717) is 18.4 Å². The first-order valence-corrected chi connectivity index (χ1v) is 11.9. The monoisotopic (exact) mass is 565 g/mol. The number of hydrogen-bond donors (Lipinski definition) is 2. The SMILES string of the molecule is CCNC(=NCc1coc(-c2ccccc2)n1)NCC1CCCN(Cc2cccs2)C1.I. The number of nitrogens with zero attached hydrogens (tertiary/aromatic N) is 3. The van der Waals surface area contributed by atoms with Crippen LogP contribution in [-0.4, -0.2) is 42.0 Å². The molecule has 1 atom stereocenters. The molecule has 0 amide bonds. The molecule has 32 heavy (non-hydrogen) atoms. The fraction of sp³-hybridized carbons (Fsp3) is 0.417. The largest absolute Gasteiger partial charge is 0.444 e. The molecule has 3 heterocycles. The van der Waals surface area contributed by atoms with Crippen LogP contribution >= 0.6 is 35.3 Å². The van der Waals surface area contributed by atoms with Crippen molar-refractivity contribution >= 4 is 41.3 Å². The van der Waals surface area contributed by atoms with Gasteiger partial charge in [-0.15, -0.1) is 35.3 Å². The fourth-order valence-electron chi connectivity index (χ4n) is 3.92. The Labute approximate surface area is 211 Å². The second-order valence-corrected chi connectivity index (χ2v) is 8.94. The van der Waals surface area contributed by atoms with E-state index in [1.54, 1.807) is 6.26 Å². The first-order valence-electron chi connectivity index (χ1n) is 11.1. The number of rotatable bonds is 8. The quantitative estimate of drug-likeness (QED) is 0.229. The normalized spacial score (nSPS) is 17.0. The van der Waals surface area contributed by atoms with Gasteiger partial charge >= 0.3 is 0 Å². The first-order chi connectivity index (χ1) is 15.3. The van der Waals surface area contributed by atoms with Crippen molar-refractivity contribution in [3.05, 3.63) is 64.7 Å². The Hall–Kier alpha value is -1.91. The van der Waals surface area contributed by atoms with E-state index < -0.39 is 0 Å². The molecular weight excluding hydrogens is 533 g/mol. The summed E-state index contributed by atoms with van der Waals surface area (Å²) in [4.78, 5) is 13.3. The summed E-state index contributed by atoms with van der Waals surface area (Å²) in [6.45, 7) is 7.73. The molecule has 8 heteroatoms. The second-order valence-electron chi connectivity index (χ2n) is 7.91. The van der Waals surface area contributed by atoms with Gasteiger partial charge in [0, 0.05) is 36.6 Å². The zero-order valence-corrected chi connectivity index (χ0v) is 21.6. The average molecular weight is 566 g/mol. The number of piperidine rings is 1. The Morgan fingerprint density at radius 2 is 2.09 bits per heavy atom. The molecule has 6 nitrogen and oxygen atoms in total. The van der Waals surface area contributed by atoms with Gasteiger partial charge in [-0.05, 0) is 55.8 Å². The summed E-state index contributed by atoms with van der Waals surface area (Å²) in [5.41, 5.74) is 1.81. The summed E-state index contributed by atoms with van der Waals surface area (Å²) in [5, 5.41) is 9.04. The van der Waals surface area contributed by atoms with Crippen LogP contribution in [-0.2, 0) is 13.1 Å². The number of aromatic nitrogens is 1. The standard InChI is InChI=1S/C24H31N5OS.HI/c1-2-25-24(27-15-21-18-30-23(28-21)20-9-4-3-5-10-20)26-14-19-8-6-12-29(16-19)17-22-11-7-13-31-22;/h3-5,7,9-11,13,18-19H,2,6,8,12,14-17H2,1H3,(H2,25,26,27);1H. The lowest BCUT2D eigenvalue weighted by Crippen LogP contribution is -2.44. The molecule has 1 saturated heterocycles. The van der Waals surface area contributed by atoms with Gasteiger partial charge in [0.15, 0.2) is 5.96 Å². The number of hydrogen-bond acceptors (Lipinski definition) is 5. The van der Waals surface area contributed by atoms with Gasteiger partial charge in [0.05, 0.1) is 6.54 Å². The van der Waals surface area contributed by atoms with Crippen LogP contribution in [0.3, 0.4) is 0 Å². The number of oxazole rings is 1. The average Bonchev–Trinajstić information content (AvgIpc) is 3.49. The van der Waals surface area contributed by atoms with Crippen LogP contribution < -0.4 is 10.6 Å². The molecule has 1 aromatic carbocycles. The van der Waals surface area contributed by atoms with Crippen LogP contribution in [0.2, 0.25) is 0 Å². The lowest BCUT2D eigenvalue weighted by atomic mass is 9.98. The highest BCUT2D eigenvalue weighted by Crippen LogP contribution is 2.20. The molecule has 0 saturated carbocycles. The maximum absolute atomic E-state index is 5.63. The maximum Gasteiger partial charge on any atom is 0.226 e. The van der Waals surface area contributed by atoms with Gasteiger partial charge in [0.1, 0.15) is 12.0 Å². The van der Waals surface area contributed by atoms with E-state index in [4.69, 9.17) is 9.41 Å². The van der Waals surface area contributed by atoms with E-state index in [9.17, 15) is 0 Å². The molecule has 1 aliphatic heterocycles. The van der Waals surface area contributed by atoms with Crippen LogP contribution in [0.5, 0.6) is 0 Å². The Morgan fingerprint density at radius 1 is 1.22 bits per heavy atom. The van der Waals surface area contributed by atoms with E-state index in [1.165, 1.54) is 24.3 Å². The van der Waals surface area contributed by atoms with Crippen molar-refractivity contribution in [2.24, 2.45) is 10.9 Å². The Bertz CT molecular complexity index is 944. The minimum Gasteiger partial charge on any atom is -0.444 e. The van der Waals surface area contributed by atoms with Gasteiger partial charge in [-0.1, -0.05) is 24.3 Å². The molecule has 1 fully saturated rings. The van der Waals surface area contributed by atoms with Crippen LogP contribution in [0.4, 0.5) is 0 Å². The molecule has 0 aliphatic carbocycles. The smallest absolute Gasteiger partial charge is 0.226 e. The molecule has 172 valence electrons. The number of nitrogens with one attached hydrogen (secondary N) is 2. The Morgan fingerprint density at radius 3 is 2.88 bits per heavy atom. The van der Waals surface area contributed by atoms with E-state index in [-0.39, 0.29) is 24.0 Å². The third-order valence-electron chi connectivity index (χ3n) is 5.44. The molecule has 3 aromatic rings. The third kappa shape index (κ3) is 7.31. The fourth-order valence-corrected chi connectivity index (χ4v) is 4.67. The maximum atomic E-state index is 5.63. The number of guanidine groups is 1. The van der Waals surface area contributed by atoms with Gasteiger partial charge in [0.25, 0.3) is 0 Å². The highest BCUT2D eigenvalue weighted by atomic mass is 127. The summed E-state index contributed by atoms with van der Waals surface area (Å²) in [5.74, 6) is 2.10. The molecule has 1 unspecified atom stereocenters. The molecule has 2 aromatic heterocycles. The van der Waals surface area contributed by atoms with Crippen molar-refractivity contribution in [2.75, 3.05) is 26.2 Å². The zero-order chi connectivity index (χ0) is 21.3. The third-order valence-corrected chi connectivity index (χ3v) is 6.30. The van der Waals surface area contributed by atoms with E-state index in [0.717, 1.165) is 43.4 Å². The predicted molar refractivity (Wildman–Crippen MR) is 142 cm³/mol. The summed E-state index contributed by atoms with van der Waals surface area (Å²) in [6, 6.07) is 14.3. The van der Waals surface area contributed by atoms with Crippen molar-refractivity contribution in [1.29, 1.82) is 0 Å². The van der Waals surface area contributed by atoms with E-state index >= 15 is 0 Å². The number of aliphatic imine (C=N–C) groups is 1. The topological polar surface area (TPSA) is 65.7 Å². The lowest BCUT2D eigenvalue weighted by Gasteiger charge is -2.32.